The van der Waals surface area contributed by atoms with Crippen LogP contribution in [0.3, 0.4) is 0 Å². The van der Waals surface area contributed by atoms with Crippen molar-refractivity contribution in [2.24, 2.45) is 0 Å². The van der Waals surface area contributed by atoms with Gasteiger partial charge in [0.05, 0.1) is 16.4 Å². The van der Waals surface area contributed by atoms with Gasteiger partial charge in [0, 0.05) is 17.5 Å². The summed E-state index contributed by atoms with van der Waals surface area (Å²) in [5.41, 5.74) is -0.229. The molecule has 1 aliphatic rings. The summed E-state index contributed by atoms with van der Waals surface area (Å²) >= 11 is 0. The van der Waals surface area contributed by atoms with Crippen LogP contribution < -0.4 is 10.3 Å². The third-order valence-electron chi connectivity index (χ3n) is 3.46. The third kappa shape index (κ3) is 3.06. The van der Waals surface area contributed by atoms with Crippen molar-refractivity contribution in [3.8, 4) is 0 Å². The number of fused-ring (bicyclic) bond motifs is 1. The first-order valence-corrected chi connectivity index (χ1v) is 9.82. The van der Waals surface area contributed by atoms with Crippen LogP contribution in [0, 0.1) is 0 Å². The SMILES string of the molecule is O=c1ccc2cc(S(=O)(=O)N[C@@H]3CCS(=O)(=O)C3)ccc2o1. The van der Waals surface area contributed by atoms with E-state index >= 15 is 0 Å². The van der Waals surface area contributed by atoms with Crippen molar-refractivity contribution in [3.63, 3.8) is 0 Å². The summed E-state index contributed by atoms with van der Waals surface area (Å²) in [6.45, 7) is 0. The van der Waals surface area contributed by atoms with Crippen LogP contribution in [0.4, 0.5) is 0 Å². The fourth-order valence-corrected chi connectivity index (χ4v) is 5.48. The molecule has 2 aromatic rings. The second-order valence-corrected chi connectivity index (χ2v) is 9.12. The van der Waals surface area contributed by atoms with Gasteiger partial charge in [0.15, 0.2) is 9.84 Å². The minimum Gasteiger partial charge on any atom is -0.423 e. The van der Waals surface area contributed by atoms with E-state index in [0.29, 0.717) is 5.39 Å². The predicted molar refractivity (Wildman–Crippen MR) is 79.9 cm³/mol. The maximum atomic E-state index is 12.3. The van der Waals surface area contributed by atoms with Crippen LogP contribution in [-0.2, 0) is 19.9 Å². The average Bonchev–Trinajstić information content (AvgIpc) is 2.76. The highest BCUT2D eigenvalue weighted by molar-refractivity contribution is 7.92. The summed E-state index contributed by atoms with van der Waals surface area (Å²) in [6, 6.07) is 6.16. The fourth-order valence-electron chi connectivity index (χ4n) is 2.39. The molecule has 0 spiro atoms. The van der Waals surface area contributed by atoms with Gasteiger partial charge in [-0.1, -0.05) is 0 Å². The molecule has 0 saturated carbocycles. The summed E-state index contributed by atoms with van der Waals surface area (Å²) in [4.78, 5) is 11.1. The molecule has 1 N–H and O–H groups in total. The van der Waals surface area contributed by atoms with E-state index in [0.717, 1.165) is 0 Å². The van der Waals surface area contributed by atoms with Crippen LogP contribution in [0.25, 0.3) is 11.0 Å². The van der Waals surface area contributed by atoms with E-state index in [1.54, 1.807) is 0 Å². The zero-order chi connectivity index (χ0) is 16.0. The molecule has 1 aromatic carbocycles. The molecule has 3 rings (SSSR count). The lowest BCUT2D eigenvalue weighted by Crippen LogP contribution is -2.35. The van der Waals surface area contributed by atoms with Crippen molar-refractivity contribution in [2.45, 2.75) is 17.4 Å². The third-order valence-corrected chi connectivity index (χ3v) is 6.74. The second-order valence-electron chi connectivity index (χ2n) is 5.18. The number of sulfone groups is 1. The smallest absolute Gasteiger partial charge is 0.336 e. The van der Waals surface area contributed by atoms with Gasteiger partial charge in [-0.15, -0.1) is 0 Å². The Morgan fingerprint density at radius 2 is 1.95 bits per heavy atom. The van der Waals surface area contributed by atoms with E-state index < -0.39 is 31.5 Å². The Morgan fingerprint density at radius 1 is 1.18 bits per heavy atom. The number of benzene rings is 1. The molecule has 22 heavy (non-hydrogen) atoms. The number of hydrogen-bond donors (Lipinski definition) is 1. The molecule has 1 saturated heterocycles. The van der Waals surface area contributed by atoms with Crippen LogP contribution in [0.2, 0.25) is 0 Å². The summed E-state index contributed by atoms with van der Waals surface area (Å²) in [6.07, 6.45) is 0.268. The number of sulfonamides is 1. The lowest BCUT2D eigenvalue weighted by atomic mass is 10.2. The Labute approximate surface area is 126 Å². The Kier molecular flexibility index (Phi) is 3.58. The van der Waals surface area contributed by atoms with Crippen molar-refractivity contribution in [3.05, 3.63) is 40.8 Å². The molecule has 0 radical (unpaired) electrons. The van der Waals surface area contributed by atoms with Gasteiger partial charge in [-0.25, -0.2) is 26.4 Å². The molecule has 9 heteroatoms. The lowest BCUT2D eigenvalue weighted by molar-refractivity contribution is 0.559. The van der Waals surface area contributed by atoms with Crippen LogP contribution >= 0.6 is 0 Å². The zero-order valence-corrected chi connectivity index (χ0v) is 13.0. The molecule has 7 nitrogen and oxygen atoms in total. The molecule has 2 heterocycles. The van der Waals surface area contributed by atoms with Crippen molar-refractivity contribution < 1.29 is 21.3 Å². The van der Waals surface area contributed by atoms with Gasteiger partial charge in [-0.2, -0.15) is 0 Å². The Balaban J connectivity index is 1.92. The monoisotopic (exact) mass is 343 g/mol. The van der Waals surface area contributed by atoms with Crippen LogP contribution in [0.5, 0.6) is 0 Å². The molecule has 1 atom stereocenters. The molecule has 118 valence electrons. The number of nitrogens with one attached hydrogen (secondary N) is 1. The number of hydrogen-bond acceptors (Lipinski definition) is 6. The van der Waals surface area contributed by atoms with Crippen LogP contribution in [-0.4, -0.2) is 34.4 Å². The van der Waals surface area contributed by atoms with Gasteiger partial charge < -0.3 is 4.42 Å². The molecule has 0 aliphatic carbocycles. The normalized spacial score (nSPS) is 21.2. The molecule has 1 aliphatic heterocycles. The maximum Gasteiger partial charge on any atom is 0.336 e. The van der Waals surface area contributed by atoms with Gasteiger partial charge in [-0.3, -0.25) is 0 Å². The first kappa shape index (κ1) is 15.2. The topological polar surface area (TPSA) is 111 Å². The molecule has 1 fully saturated rings. The fraction of sp³-hybridized carbons (Fsp3) is 0.308. The Morgan fingerprint density at radius 3 is 2.64 bits per heavy atom. The van der Waals surface area contributed by atoms with Gasteiger partial charge in [-0.05, 0) is 30.7 Å². The molecule has 0 amide bonds. The average molecular weight is 343 g/mol. The van der Waals surface area contributed by atoms with Crippen molar-refractivity contribution in [1.29, 1.82) is 0 Å². The van der Waals surface area contributed by atoms with Crippen LogP contribution in [0.15, 0.2) is 44.4 Å². The van der Waals surface area contributed by atoms with Gasteiger partial charge >= 0.3 is 5.63 Å². The van der Waals surface area contributed by atoms with E-state index in [1.807, 2.05) is 0 Å². The van der Waals surface area contributed by atoms with E-state index in [2.05, 4.69) is 4.72 Å². The highest BCUT2D eigenvalue weighted by Gasteiger charge is 2.31. The molecule has 0 bridgehead atoms. The van der Waals surface area contributed by atoms with E-state index in [4.69, 9.17) is 4.42 Å². The van der Waals surface area contributed by atoms with Gasteiger partial charge in [0.25, 0.3) is 0 Å². The first-order chi connectivity index (χ1) is 10.3. The molecule has 1 aromatic heterocycles. The van der Waals surface area contributed by atoms with Crippen molar-refractivity contribution in [1.82, 2.24) is 4.72 Å². The zero-order valence-electron chi connectivity index (χ0n) is 11.4. The summed E-state index contributed by atoms with van der Waals surface area (Å²) in [7, 11) is -7.00. The standard InChI is InChI=1S/C13H13NO6S2/c15-13-4-1-9-7-11(2-3-12(9)20-13)22(18,19)14-10-5-6-21(16,17)8-10/h1-4,7,10,14H,5-6,8H2/t10-/m1/s1. The summed E-state index contributed by atoms with van der Waals surface area (Å²) in [5, 5.41) is 0.474. The minimum atomic E-state index is -3.83. The van der Waals surface area contributed by atoms with E-state index in [9.17, 15) is 21.6 Å². The van der Waals surface area contributed by atoms with Crippen LogP contribution in [0.1, 0.15) is 6.42 Å². The van der Waals surface area contributed by atoms with E-state index in [-0.39, 0.29) is 28.4 Å². The van der Waals surface area contributed by atoms with Gasteiger partial charge in [0.2, 0.25) is 10.0 Å². The predicted octanol–water partition coefficient (Wildman–Crippen LogP) is 0.258. The van der Waals surface area contributed by atoms with Crippen molar-refractivity contribution >= 4 is 30.8 Å². The quantitative estimate of drug-likeness (QED) is 0.800. The number of rotatable bonds is 3. The largest absolute Gasteiger partial charge is 0.423 e. The molecule has 0 unspecified atom stereocenters. The Hall–Kier alpha value is -1.71. The Bertz CT molecular complexity index is 991. The second kappa shape index (κ2) is 5.18. The lowest BCUT2D eigenvalue weighted by Gasteiger charge is -2.11. The maximum absolute atomic E-state index is 12.3. The first-order valence-electron chi connectivity index (χ1n) is 6.52. The molecular formula is C13H13NO6S2. The summed E-state index contributed by atoms with van der Waals surface area (Å²) < 4.78 is 54.8. The van der Waals surface area contributed by atoms with Crippen molar-refractivity contribution in [2.75, 3.05) is 11.5 Å². The highest BCUT2D eigenvalue weighted by Crippen LogP contribution is 2.20. The van der Waals surface area contributed by atoms with E-state index in [1.165, 1.54) is 30.3 Å². The molecular weight excluding hydrogens is 330 g/mol. The summed E-state index contributed by atoms with van der Waals surface area (Å²) in [5.74, 6) is -0.197. The minimum absolute atomic E-state index is 0.00172. The highest BCUT2D eigenvalue weighted by atomic mass is 32.2. The van der Waals surface area contributed by atoms with Gasteiger partial charge in [0.1, 0.15) is 5.58 Å².